The number of anilines is 3. The standard InChI is InChI=1S/C19H20FN5O3/c1-3-27-14-9-10-16(28-4-2)15(11-14)22-19(26)17-18(24-25-23-17)21-13-7-5-12(20)6-8-13/h5-11H,3-4H2,1-2H3,(H,22,26)(H2,21,23,24,25). The van der Waals surface area contributed by atoms with Gasteiger partial charge in [-0.25, -0.2) is 4.39 Å². The van der Waals surface area contributed by atoms with E-state index in [0.29, 0.717) is 36.1 Å². The molecule has 28 heavy (non-hydrogen) atoms. The molecule has 0 spiro atoms. The van der Waals surface area contributed by atoms with Crippen LogP contribution in [0.4, 0.5) is 21.6 Å². The number of halogens is 1. The Bertz CT molecular complexity index is 943. The number of benzene rings is 2. The van der Waals surface area contributed by atoms with Crippen molar-refractivity contribution in [3.63, 3.8) is 0 Å². The summed E-state index contributed by atoms with van der Waals surface area (Å²) in [6, 6.07) is 10.8. The van der Waals surface area contributed by atoms with E-state index < -0.39 is 5.91 Å². The van der Waals surface area contributed by atoms with Crippen LogP contribution in [0, 0.1) is 5.82 Å². The monoisotopic (exact) mass is 385 g/mol. The van der Waals surface area contributed by atoms with Crippen molar-refractivity contribution in [1.29, 1.82) is 0 Å². The number of aromatic nitrogens is 3. The van der Waals surface area contributed by atoms with Gasteiger partial charge in [0.05, 0.1) is 18.9 Å². The highest BCUT2D eigenvalue weighted by Gasteiger charge is 2.19. The number of hydrogen-bond acceptors (Lipinski definition) is 6. The smallest absolute Gasteiger partial charge is 0.280 e. The predicted octanol–water partition coefficient (Wildman–Crippen LogP) is 3.74. The molecule has 146 valence electrons. The van der Waals surface area contributed by atoms with Crippen molar-refractivity contribution in [3.8, 4) is 11.5 Å². The molecule has 0 unspecified atom stereocenters. The Morgan fingerprint density at radius 2 is 1.82 bits per heavy atom. The van der Waals surface area contributed by atoms with Crippen molar-refractivity contribution >= 4 is 23.1 Å². The molecule has 0 aliphatic carbocycles. The van der Waals surface area contributed by atoms with Gasteiger partial charge in [0.2, 0.25) is 0 Å². The third kappa shape index (κ3) is 4.56. The van der Waals surface area contributed by atoms with E-state index in [0.717, 1.165) is 0 Å². The summed E-state index contributed by atoms with van der Waals surface area (Å²) in [5.74, 6) is 0.471. The molecule has 0 atom stereocenters. The quantitative estimate of drug-likeness (QED) is 0.546. The number of nitrogens with zero attached hydrogens (tertiary/aromatic N) is 2. The third-order valence-corrected chi connectivity index (χ3v) is 3.68. The molecule has 1 amide bonds. The lowest BCUT2D eigenvalue weighted by Crippen LogP contribution is -2.15. The van der Waals surface area contributed by atoms with Crippen LogP contribution in [0.2, 0.25) is 0 Å². The minimum atomic E-state index is -0.493. The Morgan fingerprint density at radius 3 is 2.54 bits per heavy atom. The molecule has 0 bridgehead atoms. The van der Waals surface area contributed by atoms with E-state index in [1.54, 1.807) is 18.2 Å². The first kappa shape index (κ1) is 19.2. The maximum Gasteiger partial charge on any atom is 0.280 e. The first-order valence-corrected chi connectivity index (χ1v) is 8.75. The fraction of sp³-hybridized carbons (Fsp3) is 0.211. The molecule has 0 radical (unpaired) electrons. The Kier molecular flexibility index (Phi) is 6.05. The van der Waals surface area contributed by atoms with E-state index in [9.17, 15) is 9.18 Å². The fourth-order valence-electron chi connectivity index (χ4n) is 2.47. The van der Waals surface area contributed by atoms with Gasteiger partial charge >= 0.3 is 0 Å². The first-order chi connectivity index (χ1) is 13.6. The molecule has 0 saturated heterocycles. The van der Waals surface area contributed by atoms with Gasteiger partial charge in [0, 0.05) is 11.8 Å². The average Bonchev–Trinajstić information content (AvgIpc) is 3.14. The highest BCUT2D eigenvalue weighted by Crippen LogP contribution is 2.30. The van der Waals surface area contributed by atoms with Crippen LogP contribution in [0.3, 0.4) is 0 Å². The van der Waals surface area contributed by atoms with E-state index in [2.05, 4.69) is 26.0 Å². The summed E-state index contributed by atoms with van der Waals surface area (Å²) in [6.07, 6.45) is 0. The average molecular weight is 385 g/mol. The minimum Gasteiger partial charge on any atom is -0.494 e. The van der Waals surface area contributed by atoms with Crippen molar-refractivity contribution in [2.24, 2.45) is 0 Å². The summed E-state index contributed by atoms with van der Waals surface area (Å²) in [6.45, 7) is 4.66. The van der Waals surface area contributed by atoms with Crippen LogP contribution in [-0.2, 0) is 0 Å². The molecule has 2 aromatic carbocycles. The fourth-order valence-corrected chi connectivity index (χ4v) is 2.47. The Balaban J connectivity index is 1.81. The zero-order chi connectivity index (χ0) is 19.9. The van der Waals surface area contributed by atoms with Crippen molar-refractivity contribution in [2.45, 2.75) is 13.8 Å². The van der Waals surface area contributed by atoms with Gasteiger partial charge < -0.3 is 20.1 Å². The van der Waals surface area contributed by atoms with Gasteiger partial charge in [-0.05, 0) is 50.2 Å². The maximum atomic E-state index is 13.1. The topological polar surface area (TPSA) is 101 Å². The van der Waals surface area contributed by atoms with Gasteiger partial charge in [-0.2, -0.15) is 5.21 Å². The third-order valence-electron chi connectivity index (χ3n) is 3.68. The highest BCUT2D eigenvalue weighted by molar-refractivity contribution is 6.07. The molecule has 0 aliphatic heterocycles. The van der Waals surface area contributed by atoms with Crippen molar-refractivity contribution in [3.05, 3.63) is 54.0 Å². The molecule has 8 nitrogen and oxygen atoms in total. The molecule has 3 rings (SSSR count). The molecule has 0 saturated carbocycles. The zero-order valence-corrected chi connectivity index (χ0v) is 15.5. The van der Waals surface area contributed by atoms with Crippen molar-refractivity contribution in [2.75, 3.05) is 23.8 Å². The van der Waals surface area contributed by atoms with Gasteiger partial charge in [-0.1, -0.05) is 0 Å². The summed E-state index contributed by atoms with van der Waals surface area (Å²) < 4.78 is 24.1. The van der Waals surface area contributed by atoms with Crippen LogP contribution in [0.1, 0.15) is 24.3 Å². The lowest BCUT2D eigenvalue weighted by atomic mass is 10.2. The number of aromatic amines is 1. The Morgan fingerprint density at radius 1 is 1.07 bits per heavy atom. The van der Waals surface area contributed by atoms with Gasteiger partial charge in [0.1, 0.15) is 17.3 Å². The molecular weight excluding hydrogens is 365 g/mol. The van der Waals surface area contributed by atoms with E-state index >= 15 is 0 Å². The maximum absolute atomic E-state index is 13.1. The summed E-state index contributed by atoms with van der Waals surface area (Å²) in [4.78, 5) is 12.7. The van der Waals surface area contributed by atoms with E-state index in [-0.39, 0.29) is 17.3 Å². The van der Waals surface area contributed by atoms with E-state index in [4.69, 9.17) is 9.47 Å². The second-order valence-corrected chi connectivity index (χ2v) is 5.63. The number of carbonyl (C=O) groups excluding carboxylic acids is 1. The zero-order valence-electron chi connectivity index (χ0n) is 15.5. The van der Waals surface area contributed by atoms with Crippen LogP contribution in [0.5, 0.6) is 11.5 Å². The summed E-state index contributed by atoms with van der Waals surface area (Å²) in [5, 5.41) is 16.0. The van der Waals surface area contributed by atoms with Crippen LogP contribution in [0.25, 0.3) is 0 Å². The van der Waals surface area contributed by atoms with Crippen LogP contribution in [-0.4, -0.2) is 34.5 Å². The number of ether oxygens (including phenoxy) is 2. The van der Waals surface area contributed by atoms with Gasteiger partial charge in [0.25, 0.3) is 5.91 Å². The van der Waals surface area contributed by atoms with E-state index in [1.807, 2.05) is 13.8 Å². The lowest BCUT2D eigenvalue weighted by Gasteiger charge is -2.13. The molecule has 3 aromatic rings. The number of amides is 1. The minimum absolute atomic E-state index is 0.0496. The molecule has 1 aromatic heterocycles. The number of H-pyrrole nitrogens is 1. The van der Waals surface area contributed by atoms with E-state index in [1.165, 1.54) is 24.3 Å². The largest absolute Gasteiger partial charge is 0.494 e. The number of hydrogen-bond donors (Lipinski definition) is 3. The van der Waals surface area contributed by atoms with Crippen LogP contribution >= 0.6 is 0 Å². The number of rotatable bonds is 8. The highest BCUT2D eigenvalue weighted by atomic mass is 19.1. The first-order valence-electron chi connectivity index (χ1n) is 8.75. The lowest BCUT2D eigenvalue weighted by molar-refractivity contribution is 0.102. The predicted molar refractivity (Wildman–Crippen MR) is 103 cm³/mol. The molecule has 0 fully saturated rings. The van der Waals surface area contributed by atoms with Gasteiger partial charge in [-0.3, -0.25) is 4.79 Å². The molecule has 1 heterocycles. The SMILES string of the molecule is CCOc1ccc(OCC)c(NC(=O)c2n[nH]nc2Nc2ccc(F)cc2)c1. The summed E-state index contributed by atoms with van der Waals surface area (Å²) in [7, 11) is 0. The summed E-state index contributed by atoms with van der Waals surface area (Å²) in [5.41, 5.74) is 1.07. The molecule has 0 aliphatic rings. The van der Waals surface area contributed by atoms with Crippen molar-refractivity contribution < 1.29 is 18.7 Å². The van der Waals surface area contributed by atoms with Crippen LogP contribution < -0.4 is 20.1 Å². The normalized spacial score (nSPS) is 10.4. The molecule has 9 heteroatoms. The van der Waals surface area contributed by atoms with Crippen molar-refractivity contribution in [1.82, 2.24) is 15.4 Å². The summed E-state index contributed by atoms with van der Waals surface area (Å²) >= 11 is 0. The Labute approximate surface area is 161 Å². The van der Waals surface area contributed by atoms with Gasteiger partial charge in [-0.15, -0.1) is 10.2 Å². The second kappa shape index (κ2) is 8.85. The Hall–Kier alpha value is -3.62. The number of nitrogens with one attached hydrogen (secondary N) is 3. The molecular formula is C19H20FN5O3. The second-order valence-electron chi connectivity index (χ2n) is 5.63. The van der Waals surface area contributed by atoms with Crippen LogP contribution in [0.15, 0.2) is 42.5 Å². The molecule has 3 N–H and O–H groups in total. The van der Waals surface area contributed by atoms with Gasteiger partial charge in [0.15, 0.2) is 11.5 Å². The number of carbonyl (C=O) groups is 1.